The number of aromatic nitrogens is 3. The molecule has 20 heavy (non-hydrogen) atoms. The zero-order valence-corrected chi connectivity index (χ0v) is 13.6. The van der Waals surface area contributed by atoms with Crippen LogP contribution < -0.4 is 0 Å². The van der Waals surface area contributed by atoms with Gasteiger partial charge in [0.25, 0.3) is 0 Å². The highest BCUT2D eigenvalue weighted by molar-refractivity contribution is 9.10. The molecule has 0 amide bonds. The van der Waals surface area contributed by atoms with Gasteiger partial charge in [-0.2, -0.15) is 5.10 Å². The quantitative estimate of drug-likeness (QED) is 0.787. The molecule has 0 spiro atoms. The summed E-state index contributed by atoms with van der Waals surface area (Å²) in [7, 11) is 0. The number of carbonyl (C=O) groups is 1. The van der Waals surface area contributed by atoms with Crippen molar-refractivity contribution in [1.82, 2.24) is 14.8 Å². The lowest BCUT2D eigenvalue weighted by Crippen LogP contribution is -2.11. The standard InChI is InChI=1S/C15H18BrN3O/c1-4-12-15(16)13(19(5-2)18-12)9-14(20)11-7-6-8-17-10(11)3/h6-8H,4-5,9H2,1-3H3. The maximum absolute atomic E-state index is 12.5. The van der Waals surface area contributed by atoms with Gasteiger partial charge in [-0.05, 0) is 48.3 Å². The highest BCUT2D eigenvalue weighted by atomic mass is 79.9. The number of aryl methyl sites for hydroxylation is 3. The summed E-state index contributed by atoms with van der Waals surface area (Å²) >= 11 is 3.57. The lowest BCUT2D eigenvalue weighted by molar-refractivity contribution is 0.0989. The molecule has 0 aliphatic rings. The number of hydrogen-bond acceptors (Lipinski definition) is 3. The SMILES string of the molecule is CCc1nn(CC)c(CC(=O)c2cccnc2C)c1Br. The maximum atomic E-state index is 12.5. The summed E-state index contributed by atoms with van der Waals surface area (Å²) in [6.45, 7) is 6.70. The summed E-state index contributed by atoms with van der Waals surface area (Å²) in [4.78, 5) is 16.6. The van der Waals surface area contributed by atoms with Gasteiger partial charge in [-0.25, -0.2) is 0 Å². The van der Waals surface area contributed by atoms with Crippen molar-refractivity contribution in [3.8, 4) is 0 Å². The highest BCUT2D eigenvalue weighted by Crippen LogP contribution is 2.24. The van der Waals surface area contributed by atoms with Crippen LogP contribution in [0.25, 0.3) is 0 Å². The summed E-state index contributed by atoms with van der Waals surface area (Å²) in [6.07, 6.45) is 2.89. The first kappa shape index (κ1) is 14.9. The number of ketones is 1. The van der Waals surface area contributed by atoms with Crippen LogP contribution in [0.3, 0.4) is 0 Å². The second-order valence-corrected chi connectivity index (χ2v) is 5.41. The van der Waals surface area contributed by atoms with E-state index in [9.17, 15) is 4.79 Å². The number of nitrogens with zero attached hydrogens (tertiary/aromatic N) is 3. The van der Waals surface area contributed by atoms with Crippen LogP contribution in [0.5, 0.6) is 0 Å². The molecule has 2 aromatic rings. The normalized spacial score (nSPS) is 10.8. The smallest absolute Gasteiger partial charge is 0.170 e. The Kier molecular flexibility index (Phi) is 4.70. The Balaban J connectivity index is 2.33. The number of carbonyl (C=O) groups excluding carboxylic acids is 1. The molecule has 0 atom stereocenters. The molecule has 2 aromatic heterocycles. The summed E-state index contributed by atoms with van der Waals surface area (Å²) < 4.78 is 2.85. The van der Waals surface area contributed by atoms with Crippen molar-refractivity contribution in [3.05, 3.63) is 45.4 Å². The molecule has 0 unspecified atom stereocenters. The van der Waals surface area contributed by atoms with E-state index in [0.717, 1.165) is 34.5 Å². The monoisotopic (exact) mass is 335 g/mol. The molecular formula is C15H18BrN3O. The Bertz CT molecular complexity index is 634. The molecule has 0 aliphatic heterocycles. The van der Waals surface area contributed by atoms with E-state index < -0.39 is 0 Å². The highest BCUT2D eigenvalue weighted by Gasteiger charge is 2.18. The lowest BCUT2D eigenvalue weighted by atomic mass is 10.1. The molecule has 0 bridgehead atoms. The Hall–Kier alpha value is -1.49. The fourth-order valence-corrected chi connectivity index (χ4v) is 2.92. The Morgan fingerprint density at radius 1 is 1.40 bits per heavy atom. The fourth-order valence-electron chi connectivity index (χ4n) is 2.21. The first-order valence-corrected chi connectivity index (χ1v) is 7.56. The lowest BCUT2D eigenvalue weighted by Gasteiger charge is -2.06. The summed E-state index contributed by atoms with van der Waals surface area (Å²) in [5, 5.41) is 4.52. The van der Waals surface area contributed by atoms with Crippen LogP contribution in [-0.4, -0.2) is 20.5 Å². The topological polar surface area (TPSA) is 47.8 Å². The van der Waals surface area contributed by atoms with E-state index in [1.807, 2.05) is 24.6 Å². The van der Waals surface area contributed by atoms with Crippen LogP contribution >= 0.6 is 15.9 Å². The largest absolute Gasteiger partial charge is 0.294 e. The summed E-state index contributed by atoms with van der Waals surface area (Å²) in [6, 6.07) is 3.62. The first-order chi connectivity index (χ1) is 9.58. The Morgan fingerprint density at radius 2 is 2.15 bits per heavy atom. The van der Waals surface area contributed by atoms with Crippen molar-refractivity contribution in [2.24, 2.45) is 0 Å². The minimum Gasteiger partial charge on any atom is -0.294 e. The van der Waals surface area contributed by atoms with Crippen molar-refractivity contribution in [3.63, 3.8) is 0 Å². The third-order valence-electron chi connectivity index (χ3n) is 3.33. The van der Waals surface area contributed by atoms with Gasteiger partial charge < -0.3 is 0 Å². The number of hydrogen-bond donors (Lipinski definition) is 0. The van der Waals surface area contributed by atoms with Crippen LogP contribution in [0.1, 0.15) is 41.3 Å². The molecule has 2 heterocycles. The van der Waals surface area contributed by atoms with Crippen molar-refractivity contribution in [1.29, 1.82) is 0 Å². The average molecular weight is 336 g/mol. The van der Waals surface area contributed by atoms with E-state index in [4.69, 9.17) is 0 Å². The van der Waals surface area contributed by atoms with E-state index >= 15 is 0 Å². The predicted octanol–water partition coefficient (Wildman–Crippen LogP) is 3.36. The number of rotatable bonds is 5. The van der Waals surface area contributed by atoms with Crippen molar-refractivity contribution >= 4 is 21.7 Å². The van der Waals surface area contributed by atoms with E-state index in [1.165, 1.54) is 0 Å². The first-order valence-electron chi connectivity index (χ1n) is 6.77. The fraction of sp³-hybridized carbons (Fsp3) is 0.400. The van der Waals surface area contributed by atoms with Gasteiger partial charge in [0.1, 0.15) is 0 Å². The van der Waals surface area contributed by atoms with Gasteiger partial charge in [-0.1, -0.05) is 6.92 Å². The third-order valence-corrected chi connectivity index (χ3v) is 4.24. The third kappa shape index (κ3) is 2.82. The van der Waals surface area contributed by atoms with Gasteiger partial charge in [0, 0.05) is 24.0 Å². The van der Waals surface area contributed by atoms with Crippen LogP contribution in [0, 0.1) is 6.92 Å². The zero-order chi connectivity index (χ0) is 14.7. The molecule has 0 radical (unpaired) electrons. The molecule has 0 aliphatic carbocycles. The molecule has 4 nitrogen and oxygen atoms in total. The van der Waals surface area contributed by atoms with E-state index in [1.54, 1.807) is 12.3 Å². The van der Waals surface area contributed by atoms with Crippen molar-refractivity contribution < 1.29 is 4.79 Å². The molecule has 0 aromatic carbocycles. The van der Waals surface area contributed by atoms with E-state index in [-0.39, 0.29) is 5.78 Å². The minimum atomic E-state index is 0.0774. The van der Waals surface area contributed by atoms with Gasteiger partial charge in [-0.3, -0.25) is 14.5 Å². The molecule has 0 N–H and O–H groups in total. The Morgan fingerprint density at radius 3 is 2.75 bits per heavy atom. The zero-order valence-electron chi connectivity index (χ0n) is 12.0. The molecule has 106 valence electrons. The second-order valence-electron chi connectivity index (χ2n) is 4.61. The molecule has 0 saturated heterocycles. The number of pyridine rings is 1. The van der Waals surface area contributed by atoms with Crippen LogP contribution in [0.4, 0.5) is 0 Å². The summed E-state index contributed by atoms with van der Waals surface area (Å²) in [5.74, 6) is 0.0774. The van der Waals surface area contributed by atoms with E-state index in [2.05, 4.69) is 32.9 Å². The number of halogens is 1. The molecular weight excluding hydrogens is 318 g/mol. The van der Waals surface area contributed by atoms with Crippen LogP contribution in [0.2, 0.25) is 0 Å². The molecule has 5 heteroatoms. The van der Waals surface area contributed by atoms with Gasteiger partial charge in [0.05, 0.1) is 22.3 Å². The maximum Gasteiger partial charge on any atom is 0.170 e. The van der Waals surface area contributed by atoms with Gasteiger partial charge in [-0.15, -0.1) is 0 Å². The van der Waals surface area contributed by atoms with Crippen LogP contribution in [-0.2, 0) is 19.4 Å². The average Bonchev–Trinajstić information content (AvgIpc) is 2.75. The Labute approximate surface area is 127 Å². The van der Waals surface area contributed by atoms with Crippen molar-refractivity contribution in [2.45, 2.75) is 40.2 Å². The van der Waals surface area contributed by atoms with Gasteiger partial charge in [0.15, 0.2) is 5.78 Å². The molecule has 2 rings (SSSR count). The molecule has 0 saturated carbocycles. The molecule has 0 fully saturated rings. The van der Waals surface area contributed by atoms with Gasteiger partial charge >= 0.3 is 0 Å². The summed E-state index contributed by atoms with van der Waals surface area (Å²) in [5.41, 5.74) is 3.39. The van der Waals surface area contributed by atoms with Crippen LogP contribution in [0.15, 0.2) is 22.8 Å². The van der Waals surface area contributed by atoms with E-state index in [0.29, 0.717) is 12.0 Å². The minimum absolute atomic E-state index is 0.0774. The second kappa shape index (κ2) is 6.31. The number of Topliss-reactive ketones (excluding diaryl/α,β-unsaturated/α-hetero) is 1. The predicted molar refractivity (Wildman–Crippen MR) is 82.0 cm³/mol. The van der Waals surface area contributed by atoms with Crippen molar-refractivity contribution in [2.75, 3.05) is 0 Å². The van der Waals surface area contributed by atoms with Gasteiger partial charge in [0.2, 0.25) is 0 Å².